The van der Waals surface area contributed by atoms with Crippen LogP contribution in [-0.2, 0) is 0 Å². The summed E-state index contributed by atoms with van der Waals surface area (Å²) in [5.41, 5.74) is 1.43. The second-order valence-electron chi connectivity index (χ2n) is 5.56. The van der Waals surface area contributed by atoms with E-state index in [0.29, 0.717) is 6.10 Å². The average Bonchev–Trinajstić information content (AvgIpc) is 2.80. The molecule has 0 spiro atoms. The van der Waals surface area contributed by atoms with E-state index in [1.54, 1.807) is 7.11 Å². The molecule has 2 heteroatoms. The Bertz CT molecular complexity index is 404. The summed E-state index contributed by atoms with van der Waals surface area (Å²) in [6.45, 7) is 0. The molecule has 2 fully saturated rings. The van der Waals surface area contributed by atoms with Crippen molar-refractivity contribution in [2.75, 3.05) is 7.11 Å². The van der Waals surface area contributed by atoms with Gasteiger partial charge in [0.15, 0.2) is 11.5 Å². The molecule has 0 unspecified atom stereocenters. The monoisotopic (exact) mass is 246 g/mol. The maximum atomic E-state index is 6.13. The second-order valence-corrected chi connectivity index (χ2v) is 5.56. The number of methoxy groups -OCH3 is 1. The van der Waals surface area contributed by atoms with Gasteiger partial charge in [0.05, 0.1) is 13.2 Å². The van der Waals surface area contributed by atoms with Gasteiger partial charge in [-0.3, -0.25) is 0 Å². The van der Waals surface area contributed by atoms with Crippen LogP contribution in [0.5, 0.6) is 11.5 Å². The highest BCUT2D eigenvalue weighted by Gasteiger charge is 2.22. The summed E-state index contributed by atoms with van der Waals surface area (Å²) >= 11 is 0. The molecule has 1 aromatic rings. The minimum Gasteiger partial charge on any atom is -0.493 e. The summed E-state index contributed by atoms with van der Waals surface area (Å²) in [4.78, 5) is 0. The first kappa shape index (κ1) is 11.9. The Morgan fingerprint density at radius 3 is 2.33 bits per heavy atom. The predicted octanol–water partition coefficient (Wildman–Crippen LogP) is 4.28. The van der Waals surface area contributed by atoms with Gasteiger partial charge in [-0.1, -0.05) is 12.5 Å². The van der Waals surface area contributed by atoms with Crippen molar-refractivity contribution in [2.24, 2.45) is 0 Å². The second kappa shape index (κ2) is 5.21. The van der Waals surface area contributed by atoms with Gasteiger partial charge in [0.25, 0.3) is 0 Å². The molecular formula is C16H22O2. The third-order valence-electron chi connectivity index (χ3n) is 4.36. The largest absolute Gasteiger partial charge is 0.493 e. The molecule has 2 aliphatic rings. The Morgan fingerprint density at radius 2 is 1.72 bits per heavy atom. The summed E-state index contributed by atoms with van der Waals surface area (Å²) < 4.78 is 11.5. The SMILES string of the molecule is COc1ccc(C2CCC2)cc1OC1CCCC1. The Balaban J connectivity index is 1.79. The van der Waals surface area contributed by atoms with Crippen LogP contribution in [0.3, 0.4) is 0 Å². The Kier molecular flexibility index (Phi) is 3.44. The maximum Gasteiger partial charge on any atom is 0.161 e. The molecule has 2 saturated carbocycles. The number of hydrogen-bond donors (Lipinski definition) is 0. The molecule has 18 heavy (non-hydrogen) atoms. The number of rotatable bonds is 4. The lowest BCUT2D eigenvalue weighted by Gasteiger charge is -2.27. The van der Waals surface area contributed by atoms with Crippen LogP contribution in [0, 0.1) is 0 Å². The van der Waals surface area contributed by atoms with E-state index >= 15 is 0 Å². The van der Waals surface area contributed by atoms with Crippen molar-refractivity contribution >= 4 is 0 Å². The highest BCUT2D eigenvalue weighted by Crippen LogP contribution is 2.40. The molecule has 98 valence electrons. The van der Waals surface area contributed by atoms with Crippen molar-refractivity contribution in [3.8, 4) is 11.5 Å². The van der Waals surface area contributed by atoms with Crippen LogP contribution in [0.25, 0.3) is 0 Å². The summed E-state index contributed by atoms with van der Waals surface area (Å²) in [6.07, 6.45) is 9.41. The van der Waals surface area contributed by atoms with E-state index in [2.05, 4.69) is 18.2 Å². The molecule has 0 saturated heterocycles. The first-order chi connectivity index (χ1) is 8.86. The normalized spacial score (nSPS) is 20.7. The minimum atomic E-state index is 0.399. The fraction of sp³-hybridized carbons (Fsp3) is 0.625. The van der Waals surface area contributed by atoms with Gasteiger partial charge in [0, 0.05) is 0 Å². The Morgan fingerprint density at radius 1 is 0.944 bits per heavy atom. The first-order valence-corrected chi connectivity index (χ1v) is 7.21. The van der Waals surface area contributed by atoms with Gasteiger partial charge in [0.2, 0.25) is 0 Å². The van der Waals surface area contributed by atoms with Crippen molar-refractivity contribution in [1.82, 2.24) is 0 Å². The van der Waals surface area contributed by atoms with Gasteiger partial charge in [-0.15, -0.1) is 0 Å². The maximum absolute atomic E-state index is 6.13. The van der Waals surface area contributed by atoms with Crippen molar-refractivity contribution in [3.63, 3.8) is 0 Å². The van der Waals surface area contributed by atoms with Crippen LogP contribution in [0.4, 0.5) is 0 Å². The van der Waals surface area contributed by atoms with Crippen LogP contribution in [0.1, 0.15) is 56.4 Å². The zero-order valence-corrected chi connectivity index (χ0v) is 11.2. The van der Waals surface area contributed by atoms with E-state index in [1.807, 2.05) is 0 Å². The molecule has 0 amide bonds. The molecule has 0 aromatic heterocycles. The van der Waals surface area contributed by atoms with E-state index in [0.717, 1.165) is 17.4 Å². The number of benzene rings is 1. The van der Waals surface area contributed by atoms with Gasteiger partial charge < -0.3 is 9.47 Å². The molecule has 0 heterocycles. The average molecular weight is 246 g/mol. The van der Waals surface area contributed by atoms with Crippen molar-refractivity contribution < 1.29 is 9.47 Å². The minimum absolute atomic E-state index is 0.399. The number of ether oxygens (including phenoxy) is 2. The fourth-order valence-corrected chi connectivity index (χ4v) is 2.97. The van der Waals surface area contributed by atoms with Gasteiger partial charge in [-0.25, -0.2) is 0 Å². The van der Waals surface area contributed by atoms with Crippen LogP contribution >= 0.6 is 0 Å². The molecule has 2 nitrogen and oxygen atoms in total. The van der Waals surface area contributed by atoms with Crippen molar-refractivity contribution in [2.45, 2.75) is 57.0 Å². The first-order valence-electron chi connectivity index (χ1n) is 7.21. The topological polar surface area (TPSA) is 18.5 Å². The lowest BCUT2D eigenvalue weighted by molar-refractivity contribution is 0.200. The predicted molar refractivity (Wildman–Crippen MR) is 72.5 cm³/mol. The summed E-state index contributed by atoms with van der Waals surface area (Å²) in [7, 11) is 1.72. The third kappa shape index (κ3) is 2.33. The quantitative estimate of drug-likeness (QED) is 0.789. The smallest absolute Gasteiger partial charge is 0.161 e. The molecular weight excluding hydrogens is 224 g/mol. The molecule has 0 N–H and O–H groups in total. The zero-order chi connectivity index (χ0) is 12.4. The lowest BCUT2D eigenvalue weighted by atomic mass is 9.80. The Labute approximate surface area is 109 Å². The number of hydrogen-bond acceptors (Lipinski definition) is 2. The fourth-order valence-electron chi connectivity index (χ4n) is 2.97. The van der Waals surface area contributed by atoms with Gasteiger partial charge in [-0.2, -0.15) is 0 Å². The third-order valence-corrected chi connectivity index (χ3v) is 4.36. The molecule has 0 aliphatic heterocycles. The zero-order valence-electron chi connectivity index (χ0n) is 11.2. The lowest BCUT2D eigenvalue weighted by Crippen LogP contribution is -2.13. The summed E-state index contributed by atoms with van der Waals surface area (Å²) in [6, 6.07) is 6.48. The highest BCUT2D eigenvalue weighted by atomic mass is 16.5. The van der Waals surface area contributed by atoms with Crippen molar-refractivity contribution in [3.05, 3.63) is 23.8 Å². The van der Waals surface area contributed by atoms with Crippen LogP contribution in [0.15, 0.2) is 18.2 Å². The van der Waals surface area contributed by atoms with Crippen molar-refractivity contribution in [1.29, 1.82) is 0 Å². The van der Waals surface area contributed by atoms with Crippen LogP contribution in [-0.4, -0.2) is 13.2 Å². The standard InChI is InChI=1S/C16H22O2/c1-17-15-10-9-13(12-5-4-6-12)11-16(15)18-14-7-2-3-8-14/h9-12,14H,2-8H2,1H3. The molecule has 3 rings (SSSR count). The molecule has 2 aliphatic carbocycles. The van der Waals surface area contributed by atoms with E-state index in [4.69, 9.17) is 9.47 Å². The van der Waals surface area contributed by atoms with E-state index in [1.165, 1.54) is 50.5 Å². The van der Waals surface area contributed by atoms with Gasteiger partial charge in [0.1, 0.15) is 0 Å². The van der Waals surface area contributed by atoms with Crippen LogP contribution in [0.2, 0.25) is 0 Å². The highest BCUT2D eigenvalue weighted by molar-refractivity contribution is 5.44. The van der Waals surface area contributed by atoms with Gasteiger partial charge >= 0.3 is 0 Å². The van der Waals surface area contributed by atoms with E-state index in [9.17, 15) is 0 Å². The van der Waals surface area contributed by atoms with Crippen LogP contribution < -0.4 is 9.47 Å². The molecule has 0 atom stereocenters. The summed E-state index contributed by atoms with van der Waals surface area (Å²) in [5.74, 6) is 2.58. The van der Waals surface area contributed by atoms with Gasteiger partial charge in [-0.05, 0) is 62.1 Å². The molecule has 0 radical (unpaired) electrons. The van der Waals surface area contributed by atoms with E-state index in [-0.39, 0.29) is 0 Å². The van der Waals surface area contributed by atoms with E-state index < -0.39 is 0 Å². The molecule has 1 aromatic carbocycles. The molecule has 0 bridgehead atoms. The summed E-state index contributed by atoms with van der Waals surface area (Å²) in [5, 5.41) is 0. The Hall–Kier alpha value is -1.18.